The molecule has 0 spiro atoms. The van der Waals surface area contributed by atoms with Gasteiger partial charge in [-0.25, -0.2) is 0 Å². The van der Waals surface area contributed by atoms with E-state index in [-0.39, 0.29) is 0 Å². The van der Waals surface area contributed by atoms with Gasteiger partial charge in [-0.2, -0.15) is 0 Å². The summed E-state index contributed by atoms with van der Waals surface area (Å²) in [5.41, 5.74) is 1.35. The lowest BCUT2D eigenvalue weighted by Gasteiger charge is -2.09. The minimum Gasteiger partial charge on any atom is -0.465 e. The van der Waals surface area contributed by atoms with Crippen LogP contribution >= 0.6 is 0 Å². The second-order valence-corrected chi connectivity index (χ2v) is 5.23. The van der Waals surface area contributed by atoms with Gasteiger partial charge in [0.1, 0.15) is 5.75 Å². The van der Waals surface area contributed by atoms with Crippen LogP contribution in [0.15, 0.2) is 24.3 Å². The molecule has 1 rings (SSSR count). The molecule has 0 aromatic heterocycles. The van der Waals surface area contributed by atoms with Crippen LogP contribution in [-0.2, 0) is 6.42 Å². The van der Waals surface area contributed by atoms with E-state index in [1.807, 2.05) is 12.1 Å². The third-order valence-corrected chi connectivity index (χ3v) is 3.30. The number of aliphatic hydroxyl groups excluding tert-OH is 1. The predicted octanol–water partition coefficient (Wildman–Crippen LogP) is 4.70. The Hall–Kier alpha value is -1.02. The molecule has 0 radical (unpaired) electrons. The molecule has 0 aliphatic rings. The highest BCUT2D eigenvalue weighted by atomic mass is 16.6. The molecule has 1 atom stereocenters. The standard InChI is InChI=1S/C17H28O2/c1-3-4-5-6-7-8-9-10-16-11-13-17(14-12-16)19-15(2)18/h11-15,18H,3-10H2,1-2H3. The van der Waals surface area contributed by atoms with Gasteiger partial charge in [0, 0.05) is 0 Å². The number of aryl methyl sites for hydroxylation is 1. The van der Waals surface area contributed by atoms with E-state index in [0.29, 0.717) is 0 Å². The van der Waals surface area contributed by atoms with Crippen molar-refractivity contribution in [3.05, 3.63) is 29.8 Å². The summed E-state index contributed by atoms with van der Waals surface area (Å²) >= 11 is 0. The van der Waals surface area contributed by atoms with E-state index in [1.54, 1.807) is 6.92 Å². The zero-order chi connectivity index (χ0) is 13.9. The fourth-order valence-electron chi connectivity index (χ4n) is 2.22. The SMILES string of the molecule is CCCCCCCCCc1ccc(OC(C)O)cc1. The molecule has 2 heteroatoms. The van der Waals surface area contributed by atoms with E-state index >= 15 is 0 Å². The Morgan fingerprint density at radius 3 is 2.11 bits per heavy atom. The predicted molar refractivity (Wildman–Crippen MR) is 80.4 cm³/mol. The summed E-state index contributed by atoms with van der Waals surface area (Å²) in [6.45, 7) is 3.87. The molecule has 0 heterocycles. The van der Waals surface area contributed by atoms with Crippen LogP contribution in [0.1, 0.15) is 64.4 Å². The quantitative estimate of drug-likeness (QED) is 0.490. The lowest BCUT2D eigenvalue weighted by molar-refractivity contribution is -0.000303. The Labute approximate surface area is 117 Å². The smallest absolute Gasteiger partial charge is 0.194 e. The molecule has 1 unspecified atom stereocenters. The molecule has 2 nitrogen and oxygen atoms in total. The summed E-state index contributed by atoms with van der Waals surface area (Å²) < 4.78 is 5.21. The maximum atomic E-state index is 9.11. The van der Waals surface area contributed by atoms with Crippen LogP contribution in [0.2, 0.25) is 0 Å². The monoisotopic (exact) mass is 264 g/mol. The molecule has 1 aromatic carbocycles. The Morgan fingerprint density at radius 1 is 0.947 bits per heavy atom. The highest BCUT2D eigenvalue weighted by Gasteiger charge is 1.99. The maximum absolute atomic E-state index is 9.11. The summed E-state index contributed by atoms with van der Waals surface area (Å²) in [4.78, 5) is 0. The fourth-order valence-corrected chi connectivity index (χ4v) is 2.22. The summed E-state index contributed by atoms with van der Waals surface area (Å²) in [7, 11) is 0. The molecular weight excluding hydrogens is 236 g/mol. The van der Waals surface area contributed by atoms with Crippen LogP contribution in [-0.4, -0.2) is 11.4 Å². The minimum absolute atomic E-state index is 0.735. The van der Waals surface area contributed by atoms with Gasteiger partial charge in [-0.3, -0.25) is 0 Å². The molecule has 108 valence electrons. The molecule has 0 saturated carbocycles. The fraction of sp³-hybridized carbons (Fsp3) is 0.647. The van der Waals surface area contributed by atoms with E-state index < -0.39 is 6.29 Å². The van der Waals surface area contributed by atoms with Gasteiger partial charge in [0.25, 0.3) is 0 Å². The number of hydrogen-bond donors (Lipinski definition) is 1. The van der Waals surface area contributed by atoms with Crippen LogP contribution in [0.5, 0.6) is 5.75 Å². The van der Waals surface area contributed by atoms with Crippen molar-refractivity contribution >= 4 is 0 Å². The first-order chi connectivity index (χ1) is 9.22. The van der Waals surface area contributed by atoms with Gasteiger partial charge in [-0.05, 0) is 37.5 Å². The summed E-state index contributed by atoms with van der Waals surface area (Å²) in [5.74, 6) is 0.735. The number of aliphatic hydroxyl groups is 1. The van der Waals surface area contributed by atoms with Crippen molar-refractivity contribution in [2.45, 2.75) is 71.5 Å². The largest absolute Gasteiger partial charge is 0.465 e. The number of unbranched alkanes of at least 4 members (excludes halogenated alkanes) is 6. The first-order valence-electron chi connectivity index (χ1n) is 7.66. The van der Waals surface area contributed by atoms with Crippen molar-refractivity contribution in [3.63, 3.8) is 0 Å². The van der Waals surface area contributed by atoms with Crippen LogP contribution < -0.4 is 4.74 Å². The van der Waals surface area contributed by atoms with E-state index in [4.69, 9.17) is 9.84 Å². The molecule has 1 aromatic rings. The minimum atomic E-state index is -0.742. The molecule has 0 fully saturated rings. The third-order valence-electron chi connectivity index (χ3n) is 3.30. The number of benzene rings is 1. The second-order valence-electron chi connectivity index (χ2n) is 5.23. The van der Waals surface area contributed by atoms with Gasteiger partial charge in [-0.15, -0.1) is 0 Å². The van der Waals surface area contributed by atoms with Gasteiger partial charge in [-0.1, -0.05) is 57.6 Å². The molecule has 1 N–H and O–H groups in total. The van der Waals surface area contributed by atoms with Crippen molar-refractivity contribution in [2.75, 3.05) is 0 Å². The maximum Gasteiger partial charge on any atom is 0.194 e. The third kappa shape index (κ3) is 7.89. The second kappa shape index (κ2) is 9.85. The Balaban J connectivity index is 2.12. The van der Waals surface area contributed by atoms with Gasteiger partial charge in [0.05, 0.1) is 0 Å². The Bertz CT molecular complexity index is 317. The zero-order valence-electron chi connectivity index (χ0n) is 12.4. The Kier molecular flexibility index (Phi) is 8.31. The van der Waals surface area contributed by atoms with Gasteiger partial charge in [0.15, 0.2) is 6.29 Å². The molecule has 0 aliphatic heterocycles. The van der Waals surface area contributed by atoms with Crippen LogP contribution in [0.25, 0.3) is 0 Å². The van der Waals surface area contributed by atoms with Crippen LogP contribution in [0, 0.1) is 0 Å². The first kappa shape index (κ1) is 16.0. The normalized spacial score (nSPS) is 12.4. The van der Waals surface area contributed by atoms with Crippen LogP contribution in [0.4, 0.5) is 0 Å². The van der Waals surface area contributed by atoms with Crippen molar-refractivity contribution in [1.82, 2.24) is 0 Å². The first-order valence-corrected chi connectivity index (χ1v) is 7.66. The average molecular weight is 264 g/mol. The average Bonchev–Trinajstić information content (AvgIpc) is 2.39. The molecule has 0 saturated heterocycles. The molecule has 0 bridgehead atoms. The zero-order valence-corrected chi connectivity index (χ0v) is 12.4. The molecule has 0 aliphatic carbocycles. The lowest BCUT2D eigenvalue weighted by Crippen LogP contribution is -2.09. The van der Waals surface area contributed by atoms with E-state index in [1.165, 1.54) is 50.5 Å². The van der Waals surface area contributed by atoms with Gasteiger partial charge in [0.2, 0.25) is 0 Å². The summed E-state index contributed by atoms with van der Waals surface area (Å²) in [5, 5.41) is 9.11. The van der Waals surface area contributed by atoms with E-state index in [0.717, 1.165) is 12.2 Å². The molecule has 19 heavy (non-hydrogen) atoms. The number of rotatable bonds is 10. The number of ether oxygens (including phenoxy) is 1. The Morgan fingerprint density at radius 2 is 1.53 bits per heavy atom. The summed E-state index contributed by atoms with van der Waals surface area (Å²) in [6.07, 6.45) is 9.83. The lowest BCUT2D eigenvalue weighted by atomic mass is 10.0. The summed E-state index contributed by atoms with van der Waals surface area (Å²) in [6, 6.07) is 8.05. The number of hydrogen-bond acceptors (Lipinski definition) is 2. The van der Waals surface area contributed by atoms with Crippen molar-refractivity contribution in [3.8, 4) is 5.75 Å². The van der Waals surface area contributed by atoms with Crippen molar-refractivity contribution in [2.24, 2.45) is 0 Å². The van der Waals surface area contributed by atoms with Crippen molar-refractivity contribution in [1.29, 1.82) is 0 Å². The van der Waals surface area contributed by atoms with Crippen LogP contribution in [0.3, 0.4) is 0 Å². The van der Waals surface area contributed by atoms with Gasteiger partial charge >= 0.3 is 0 Å². The van der Waals surface area contributed by atoms with Gasteiger partial charge < -0.3 is 9.84 Å². The van der Waals surface area contributed by atoms with E-state index in [9.17, 15) is 0 Å². The highest BCUT2D eigenvalue weighted by Crippen LogP contribution is 2.16. The van der Waals surface area contributed by atoms with E-state index in [2.05, 4.69) is 19.1 Å². The van der Waals surface area contributed by atoms with Crippen molar-refractivity contribution < 1.29 is 9.84 Å². The molecular formula is C17H28O2. The molecule has 0 amide bonds. The highest BCUT2D eigenvalue weighted by molar-refractivity contribution is 5.27. The topological polar surface area (TPSA) is 29.5 Å².